The fourth-order valence-electron chi connectivity index (χ4n) is 3.98. The Morgan fingerprint density at radius 3 is 2.52 bits per heavy atom. The Morgan fingerprint density at radius 2 is 1.83 bits per heavy atom. The first-order valence-electron chi connectivity index (χ1n) is 10.4. The summed E-state index contributed by atoms with van der Waals surface area (Å²) in [5, 5.41) is 0.786. The highest BCUT2D eigenvalue weighted by Crippen LogP contribution is 2.19. The number of nitrogens with zero attached hydrogens (tertiary/aromatic N) is 2. The van der Waals surface area contributed by atoms with Gasteiger partial charge in [-0.25, -0.2) is 0 Å². The van der Waals surface area contributed by atoms with Crippen molar-refractivity contribution in [3.63, 3.8) is 0 Å². The molecule has 0 aromatic heterocycles. The molecular formula is C24H31ClN2O2. The highest BCUT2D eigenvalue weighted by atomic mass is 35.5. The van der Waals surface area contributed by atoms with Crippen LogP contribution in [0, 0.1) is 5.92 Å². The van der Waals surface area contributed by atoms with E-state index >= 15 is 0 Å². The number of hydrogen-bond acceptors (Lipinski definition) is 3. The van der Waals surface area contributed by atoms with Crippen molar-refractivity contribution >= 4 is 17.5 Å². The fraction of sp³-hybridized carbons (Fsp3) is 0.458. The van der Waals surface area contributed by atoms with Crippen LogP contribution in [0.2, 0.25) is 5.02 Å². The second kappa shape index (κ2) is 10.7. The van der Waals surface area contributed by atoms with Gasteiger partial charge in [-0.2, -0.15) is 0 Å². The average molecular weight is 415 g/mol. The Labute approximate surface area is 179 Å². The van der Waals surface area contributed by atoms with E-state index in [2.05, 4.69) is 17.0 Å². The lowest BCUT2D eigenvalue weighted by Gasteiger charge is -2.34. The minimum Gasteiger partial charge on any atom is -0.497 e. The Balaban J connectivity index is 1.44. The third kappa shape index (κ3) is 6.76. The number of piperidine rings is 1. The number of carbonyl (C=O) groups excluding carboxylic acids is 1. The summed E-state index contributed by atoms with van der Waals surface area (Å²) in [5.74, 6) is 1.53. The molecular weight excluding hydrogens is 384 g/mol. The van der Waals surface area contributed by atoms with Gasteiger partial charge in [-0.05, 0) is 67.1 Å². The van der Waals surface area contributed by atoms with Crippen LogP contribution in [0.3, 0.4) is 0 Å². The molecule has 5 heteroatoms. The molecule has 2 aromatic carbocycles. The molecule has 0 radical (unpaired) electrons. The van der Waals surface area contributed by atoms with Crippen molar-refractivity contribution in [1.82, 2.24) is 9.80 Å². The van der Waals surface area contributed by atoms with Crippen molar-refractivity contribution in [2.45, 2.75) is 25.7 Å². The van der Waals surface area contributed by atoms with E-state index < -0.39 is 0 Å². The molecule has 1 aliphatic rings. The Bertz CT molecular complexity index is 776. The molecule has 1 fully saturated rings. The van der Waals surface area contributed by atoms with Gasteiger partial charge in [0.15, 0.2) is 0 Å². The summed E-state index contributed by atoms with van der Waals surface area (Å²) in [4.78, 5) is 17.1. The summed E-state index contributed by atoms with van der Waals surface area (Å²) in [6, 6.07) is 15.9. The lowest BCUT2D eigenvalue weighted by Crippen LogP contribution is -2.42. The largest absolute Gasteiger partial charge is 0.497 e. The van der Waals surface area contributed by atoms with Crippen LogP contribution in [0.4, 0.5) is 0 Å². The molecule has 0 saturated carbocycles. The standard InChI is InChI=1S/C24H31ClN2O2/c1-26(24(28)16-20-7-11-23(29-2)12-8-20)17-21-4-3-14-27(18-21)15-13-19-5-9-22(25)10-6-19/h5-12,21H,3-4,13-18H2,1-2H3/t21-/m0/s1. The van der Waals surface area contributed by atoms with Crippen LogP contribution in [0.1, 0.15) is 24.0 Å². The number of likely N-dealkylation sites (N-methyl/N-ethyl adjacent to an activating group) is 1. The van der Waals surface area contributed by atoms with Crippen molar-refractivity contribution in [2.75, 3.05) is 40.3 Å². The fourth-order valence-corrected chi connectivity index (χ4v) is 4.11. The van der Waals surface area contributed by atoms with Crippen molar-refractivity contribution in [3.05, 3.63) is 64.7 Å². The molecule has 1 atom stereocenters. The van der Waals surface area contributed by atoms with E-state index in [0.717, 1.165) is 48.9 Å². The van der Waals surface area contributed by atoms with E-state index in [1.807, 2.05) is 48.3 Å². The van der Waals surface area contributed by atoms with Gasteiger partial charge < -0.3 is 14.5 Å². The number of carbonyl (C=O) groups is 1. The Kier molecular flexibility index (Phi) is 7.96. The monoisotopic (exact) mass is 414 g/mol. The van der Waals surface area contributed by atoms with Crippen LogP contribution >= 0.6 is 11.6 Å². The molecule has 0 aliphatic carbocycles. The first-order valence-corrected chi connectivity index (χ1v) is 10.7. The summed E-state index contributed by atoms with van der Waals surface area (Å²) in [5.41, 5.74) is 2.35. The normalized spacial score (nSPS) is 17.1. The number of likely N-dealkylation sites (tertiary alicyclic amines) is 1. The highest BCUT2D eigenvalue weighted by Gasteiger charge is 2.22. The molecule has 4 nitrogen and oxygen atoms in total. The highest BCUT2D eigenvalue weighted by molar-refractivity contribution is 6.30. The van der Waals surface area contributed by atoms with Gasteiger partial charge in [-0.15, -0.1) is 0 Å². The molecule has 29 heavy (non-hydrogen) atoms. The molecule has 1 aliphatic heterocycles. The molecule has 0 N–H and O–H groups in total. The van der Waals surface area contributed by atoms with Gasteiger partial charge in [-0.3, -0.25) is 4.79 Å². The summed E-state index contributed by atoms with van der Waals surface area (Å²) in [6.07, 6.45) is 3.87. The van der Waals surface area contributed by atoms with Gasteiger partial charge in [0.25, 0.3) is 0 Å². The molecule has 3 rings (SSSR count). The van der Waals surface area contributed by atoms with Crippen LogP contribution in [-0.4, -0.2) is 56.0 Å². The lowest BCUT2D eigenvalue weighted by molar-refractivity contribution is -0.130. The number of hydrogen-bond donors (Lipinski definition) is 0. The number of benzene rings is 2. The maximum absolute atomic E-state index is 12.6. The van der Waals surface area contributed by atoms with Crippen LogP contribution < -0.4 is 4.74 Å². The quantitative estimate of drug-likeness (QED) is 0.645. The first-order chi connectivity index (χ1) is 14.0. The van der Waals surface area contributed by atoms with E-state index in [-0.39, 0.29) is 5.91 Å². The second-order valence-electron chi connectivity index (χ2n) is 7.98. The predicted molar refractivity (Wildman–Crippen MR) is 119 cm³/mol. The Hall–Kier alpha value is -2.04. The number of ether oxygens (including phenoxy) is 1. The molecule has 2 aromatic rings. The summed E-state index contributed by atoms with van der Waals surface area (Å²) < 4.78 is 5.18. The van der Waals surface area contributed by atoms with Crippen molar-refractivity contribution < 1.29 is 9.53 Å². The maximum atomic E-state index is 12.6. The van der Waals surface area contributed by atoms with Crippen LogP contribution in [0.15, 0.2) is 48.5 Å². The van der Waals surface area contributed by atoms with Crippen LogP contribution in [-0.2, 0) is 17.6 Å². The number of halogens is 1. The van der Waals surface area contributed by atoms with Gasteiger partial charge in [0, 0.05) is 31.7 Å². The zero-order valence-corrected chi connectivity index (χ0v) is 18.2. The zero-order valence-electron chi connectivity index (χ0n) is 17.4. The zero-order chi connectivity index (χ0) is 20.6. The molecule has 0 unspecified atom stereocenters. The van der Waals surface area contributed by atoms with Gasteiger partial charge in [0.05, 0.1) is 13.5 Å². The Morgan fingerprint density at radius 1 is 1.14 bits per heavy atom. The molecule has 0 spiro atoms. The van der Waals surface area contributed by atoms with E-state index in [9.17, 15) is 4.79 Å². The third-order valence-electron chi connectivity index (χ3n) is 5.71. The minimum absolute atomic E-state index is 0.174. The summed E-state index contributed by atoms with van der Waals surface area (Å²) in [6.45, 7) is 4.09. The average Bonchev–Trinajstić information content (AvgIpc) is 2.74. The minimum atomic E-state index is 0.174. The van der Waals surface area contributed by atoms with Gasteiger partial charge in [0.1, 0.15) is 5.75 Å². The smallest absolute Gasteiger partial charge is 0.226 e. The first kappa shape index (κ1) is 21.7. The molecule has 1 amide bonds. The predicted octanol–water partition coefficient (Wildman–Crippen LogP) is 4.30. The van der Waals surface area contributed by atoms with E-state index in [4.69, 9.17) is 16.3 Å². The van der Waals surface area contributed by atoms with Gasteiger partial charge in [-0.1, -0.05) is 35.9 Å². The van der Waals surface area contributed by atoms with E-state index in [1.54, 1.807) is 7.11 Å². The number of methoxy groups -OCH3 is 1. The number of amides is 1. The van der Waals surface area contributed by atoms with E-state index in [0.29, 0.717) is 12.3 Å². The van der Waals surface area contributed by atoms with Crippen LogP contribution in [0.25, 0.3) is 0 Å². The van der Waals surface area contributed by atoms with Crippen molar-refractivity contribution in [3.8, 4) is 5.75 Å². The van der Waals surface area contributed by atoms with Crippen LogP contribution in [0.5, 0.6) is 5.75 Å². The van der Waals surface area contributed by atoms with Crippen molar-refractivity contribution in [2.24, 2.45) is 5.92 Å². The lowest BCUT2D eigenvalue weighted by atomic mass is 9.96. The van der Waals surface area contributed by atoms with Gasteiger partial charge in [0.2, 0.25) is 5.91 Å². The third-order valence-corrected chi connectivity index (χ3v) is 5.96. The second-order valence-corrected chi connectivity index (χ2v) is 8.42. The number of rotatable bonds is 8. The van der Waals surface area contributed by atoms with Crippen molar-refractivity contribution in [1.29, 1.82) is 0 Å². The summed E-state index contributed by atoms with van der Waals surface area (Å²) in [7, 11) is 3.58. The van der Waals surface area contributed by atoms with Gasteiger partial charge >= 0.3 is 0 Å². The summed E-state index contributed by atoms with van der Waals surface area (Å²) >= 11 is 5.97. The maximum Gasteiger partial charge on any atom is 0.226 e. The molecule has 156 valence electrons. The molecule has 0 bridgehead atoms. The molecule has 1 heterocycles. The molecule has 1 saturated heterocycles. The van der Waals surface area contributed by atoms with E-state index in [1.165, 1.54) is 18.4 Å². The SMILES string of the molecule is COc1ccc(CC(=O)N(C)C[C@@H]2CCCN(CCc3ccc(Cl)cc3)C2)cc1. The topological polar surface area (TPSA) is 32.8 Å².